The molecule has 0 aliphatic heterocycles. The highest BCUT2D eigenvalue weighted by Gasteiger charge is 2.10. The van der Waals surface area contributed by atoms with Crippen LogP contribution in [0.3, 0.4) is 0 Å². The third-order valence-corrected chi connectivity index (χ3v) is 2.74. The number of benzene rings is 1. The molecular formula is C14H13N3O4. The average Bonchev–Trinajstić information content (AvgIpc) is 2.87. The molecule has 0 aliphatic carbocycles. The van der Waals surface area contributed by atoms with E-state index in [0.29, 0.717) is 11.3 Å². The van der Waals surface area contributed by atoms with E-state index in [1.807, 2.05) is 0 Å². The van der Waals surface area contributed by atoms with Gasteiger partial charge in [0, 0.05) is 17.4 Å². The number of hydrogen-bond acceptors (Lipinski definition) is 4. The zero-order valence-electron chi connectivity index (χ0n) is 11.2. The highest BCUT2D eigenvalue weighted by Crippen LogP contribution is 2.11. The SMILES string of the molecule is CC(=O)c1ccc(NC(=O)c2cnn(CC(=O)O)c2)cc1. The molecule has 0 spiro atoms. The van der Waals surface area contributed by atoms with Crippen molar-refractivity contribution in [2.24, 2.45) is 0 Å². The number of Topliss-reactive ketones (excluding diaryl/α,β-unsaturated/α-hetero) is 1. The van der Waals surface area contributed by atoms with Crippen molar-refractivity contribution in [3.63, 3.8) is 0 Å². The molecule has 0 atom stereocenters. The van der Waals surface area contributed by atoms with Crippen molar-refractivity contribution in [2.75, 3.05) is 5.32 Å². The number of nitrogens with zero attached hydrogens (tertiary/aromatic N) is 2. The summed E-state index contributed by atoms with van der Waals surface area (Å²) >= 11 is 0. The van der Waals surface area contributed by atoms with E-state index in [4.69, 9.17) is 5.11 Å². The molecule has 1 aromatic carbocycles. The number of anilines is 1. The number of rotatable bonds is 5. The molecule has 2 rings (SSSR count). The standard InChI is InChI=1S/C14H13N3O4/c1-9(18)10-2-4-12(5-3-10)16-14(21)11-6-15-17(7-11)8-13(19)20/h2-7H,8H2,1H3,(H,16,21)(H,19,20). The molecule has 1 heterocycles. The van der Waals surface area contributed by atoms with E-state index >= 15 is 0 Å². The van der Waals surface area contributed by atoms with Crippen LogP contribution in [0.4, 0.5) is 5.69 Å². The van der Waals surface area contributed by atoms with E-state index in [-0.39, 0.29) is 17.9 Å². The third kappa shape index (κ3) is 3.75. The topological polar surface area (TPSA) is 101 Å². The predicted octanol–water partition coefficient (Wildman–Crippen LogP) is 1.42. The van der Waals surface area contributed by atoms with Gasteiger partial charge in [-0.3, -0.25) is 19.1 Å². The largest absolute Gasteiger partial charge is 0.480 e. The van der Waals surface area contributed by atoms with Gasteiger partial charge in [-0.15, -0.1) is 0 Å². The predicted molar refractivity (Wildman–Crippen MR) is 74.3 cm³/mol. The Kier molecular flexibility index (Phi) is 4.13. The van der Waals surface area contributed by atoms with Crippen LogP contribution in [-0.4, -0.2) is 32.5 Å². The van der Waals surface area contributed by atoms with Crippen molar-refractivity contribution >= 4 is 23.3 Å². The molecular weight excluding hydrogens is 274 g/mol. The van der Waals surface area contributed by atoms with E-state index in [0.717, 1.165) is 4.68 Å². The lowest BCUT2D eigenvalue weighted by Gasteiger charge is -2.04. The van der Waals surface area contributed by atoms with Gasteiger partial charge in [-0.2, -0.15) is 5.10 Å². The number of ketones is 1. The van der Waals surface area contributed by atoms with Crippen molar-refractivity contribution in [2.45, 2.75) is 13.5 Å². The number of nitrogens with one attached hydrogen (secondary N) is 1. The molecule has 1 amide bonds. The van der Waals surface area contributed by atoms with Crippen molar-refractivity contribution in [1.82, 2.24) is 9.78 Å². The van der Waals surface area contributed by atoms with E-state index in [9.17, 15) is 14.4 Å². The molecule has 7 heteroatoms. The fraction of sp³-hybridized carbons (Fsp3) is 0.143. The fourth-order valence-electron chi connectivity index (χ4n) is 1.70. The Hall–Kier alpha value is -2.96. The first-order chi connectivity index (χ1) is 9.95. The lowest BCUT2D eigenvalue weighted by atomic mass is 10.1. The molecule has 0 unspecified atom stereocenters. The minimum absolute atomic E-state index is 0.0529. The van der Waals surface area contributed by atoms with Gasteiger partial charge in [0.1, 0.15) is 6.54 Å². The zero-order valence-corrected chi connectivity index (χ0v) is 11.2. The molecule has 1 aromatic heterocycles. The Morgan fingerprint density at radius 1 is 1.19 bits per heavy atom. The smallest absolute Gasteiger partial charge is 0.325 e. The van der Waals surface area contributed by atoms with Crippen LogP contribution in [0.25, 0.3) is 0 Å². The number of aromatic nitrogens is 2. The molecule has 7 nitrogen and oxygen atoms in total. The molecule has 0 bridgehead atoms. The number of carboxylic acid groups (broad SMARTS) is 1. The van der Waals surface area contributed by atoms with Crippen LogP contribution in [0.5, 0.6) is 0 Å². The second kappa shape index (κ2) is 6.00. The van der Waals surface area contributed by atoms with Gasteiger partial charge in [-0.1, -0.05) is 0 Å². The molecule has 2 aromatic rings. The van der Waals surface area contributed by atoms with E-state index < -0.39 is 11.9 Å². The minimum atomic E-state index is -1.04. The van der Waals surface area contributed by atoms with Gasteiger partial charge in [0.2, 0.25) is 0 Å². The molecule has 2 N–H and O–H groups in total. The maximum Gasteiger partial charge on any atom is 0.325 e. The first kappa shape index (κ1) is 14.4. The minimum Gasteiger partial charge on any atom is -0.480 e. The second-order valence-corrected chi connectivity index (χ2v) is 4.41. The highest BCUT2D eigenvalue weighted by atomic mass is 16.4. The zero-order chi connectivity index (χ0) is 15.4. The highest BCUT2D eigenvalue weighted by molar-refractivity contribution is 6.04. The summed E-state index contributed by atoms with van der Waals surface area (Å²) in [5.41, 5.74) is 1.35. The molecule has 108 valence electrons. The van der Waals surface area contributed by atoms with Gasteiger partial charge in [0.15, 0.2) is 5.78 Å². The molecule has 0 saturated carbocycles. The van der Waals surface area contributed by atoms with Crippen LogP contribution in [0.2, 0.25) is 0 Å². The summed E-state index contributed by atoms with van der Waals surface area (Å²) in [7, 11) is 0. The van der Waals surface area contributed by atoms with Crippen molar-refractivity contribution in [1.29, 1.82) is 0 Å². The number of hydrogen-bond donors (Lipinski definition) is 2. The number of amides is 1. The lowest BCUT2D eigenvalue weighted by molar-refractivity contribution is -0.137. The maximum absolute atomic E-state index is 12.0. The molecule has 0 fully saturated rings. The number of carboxylic acids is 1. The van der Waals surface area contributed by atoms with Crippen molar-refractivity contribution in [3.8, 4) is 0 Å². The quantitative estimate of drug-likeness (QED) is 0.810. The Balaban J connectivity index is 2.05. The van der Waals surface area contributed by atoms with Gasteiger partial charge in [0.05, 0.1) is 11.8 Å². The summed E-state index contributed by atoms with van der Waals surface area (Å²) in [6.07, 6.45) is 2.65. The molecule has 0 aliphatic rings. The lowest BCUT2D eigenvalue weighted by Crippen LogP contribution is -2.12. The monoisotopic (exact) mass is 287 g/mol. The van der Waals surface area contributed by atoms with E-state index in [1.54, 1.807) is 24.3 Å². The van der Waals surface area contributed by atoms with Crippen LogP contribution < -0.4 is 5.32 Å². The number of aliphatic carboxylic acids is 1. The number of carbonyl (C=O) groups excluding carboxylic acids is 2. The van der Waals surface area contributed by atoms with Crippen molar-refractivity contribution < 1.29 is 19.5 Å². The van der Waals surface area contributed by atoms with Crippen LogP contribution >= 0.6 is 0 Å². The Morgan fingerprint density at radius 3 is 2.43 bits per heavy atom. The summed E-state index contributed by atoms with van der Waals surface area (Å²) in [4.78, 5) is 33.6. The first-order valence-electron chi connectivity index (χ1n) is 6.12. The van der Waals surface area contributed by atoms with E-state index in [1.165, 1.54) is 19.3 Å². The number of carbonyl (C=O) groups is 3. The van der Waals surface area contributed by atoms with Gasteiger partial charge in [-0.05, 0) is 31.2 Å². The molecule has 0 radical (unpaired) electrons. The van der Waals surface area contributed by atoms with Gasteiger partial charge < -0.3 is 10.4 Å². The van der Waals surface area contributed by atoms with Crippen LogP contribution in [0.15, 0.2) is 36.7 Å². The summed E-state index contributed by atoms with van der Waals surface area (Å²) in [6.45, 7) is 1.16. The summed E-state index contributed by atoms with van der Waals surface area (Å²) in [5.74, 6) is -1.49. The first-order valence-corrected chi connectivity index (χ1v) is 6.12. The average molecular weight is 287 g/mol. The molecule has 21 heavy (non-hydrogen) atoms. The summed E-state index contributed by atoms with van der Waals surface area (Å²) in [5, 5.41) is 15.1. The van der Waals surface area contributed by atoms with Crippen LogP contribution in [0.1, 0.15) is 27.6 Å². The van der Waals surface area contributed by atoms with Crippen molar-refractivity contribution in [3.05, 3.63) is 47.8 Å². The van der Waals surface area contributed by atoms with Gasteiger partial charge >= 0.3 is 5.97 Å². The van der Waals surface area contributed by atoms with Gasteiger partial charge in [-0.25, -0.2) is 0 Å². The summed E-state index contributed by atoms with van der Waals surface area (Å²) < 4.78 is 1.16. The summed E-state index contributed by atoms with van der Waals surface area (Å²) in [6, 6.07) is 6.48. The van der Waals surface area contributed by atoms with Gasteiger partial charge in [0.25, 0.3) is 5.91 Å². The Morgan fingerprint density at radius 2 is 1.86 bits per heavy atom. The fourth-order valence-corrected chi connectivity index (χ4v) is 1.70. The maximum atomic E-state index is 12.0. The Bertz CT molecular complexity index is 688. The third-order valence-electron chi connectivity index (χ3n) is 2.74. The Labute approximate surface area is 120 Å². The van der Waals surface area contributed by atoms with Crippen LogP contribution in [-0.2, 0) is 11.3 Å². The van der Waals surface area contributed by atoms with E-state index in [2.05, 4.69) is 10.4 Å². The van der Waals surface area contributed by atoms with Crippen LogP contribution in [0, 0.1) is 0 Å². The molecule has 0 saturated heterocycles. The second-order valence-electron chi connectivity index (χ2n) is 4.41. The normalized spacial score (nSPS) is 10.1.